The molecule has 94 valence electrons. The molecule has 18 heavy (non-hydrogen) atoms. The lowest BCUT2D eigenvalue weighted by Gasteiger charge is -2.14. The van der Waals surface area contributed by atoms with Gasteiger partial charge in [-0.1, -0.05) is 28.1 Å². The van der Waals surface area contributed by atoms with Gasteiger partial charge >= 0.3 is 0 Å². The molecule has 1 nitrogen and oxygen atoms in total. The Bertz CT molecular complexity index is 586. The highest BCUT2D eigenvalue weighted by Crippen LogP contribution is 2.28. The van der Waals surface area contributed by atoms with Crippen molar-refractivity contribution in [3.05, 3.63) is 69.4 Å². The Hall–Kier alpha value is -1.33. The zero-order valence-electron chi connectivity index (χ0n) is 9.13. The summed E-state index contributed by atoms with van der Waals surface area (Å²) in [6.45, 7) is 0. The molecule has 1 atom stereocenters. The Morgan fingerprint density at radius 2 is 1.67 bits per heavy atom. The second-order valence-electron chi connectivity index (χ2n) is 3.82. The summed E-state index contributed by atoms with van der Waals surface area (Å²) in [5.41, 5.74) is 6.96. The fourth-order valence-corrected chi connectivity index (χ4v) is 2.24. The van der Waals surface area contributed by atoms with Gasteiger partial charge in [-0.2, -0.15) is 0 Å². The topological polar surface area (TPSA) is 26.0 Å². The van der Waals surface area contributed by atoms with Gasteiger partial charge in [-0.05, 0) is 35.4 Å². The lowest BCUT2D eigenvalue weighted by Crippen LogP contribution is -2.13. The van der Waals surface area contributed by atoms with E-state index < -0.39 is 23.5 Å². The molecule has 0 aromatic heterocycles. The largest absolute Gasteiger partial charge is 0.320 e. The standard InChI is InChI=1S/C13H9BrF3N/c14-10-6-8(15)2-3-9(10)13(18)7-1-4-11(16)12(17)5-7/h1-6,13H,18H2. The molecule has 0 amide bonds. The van der Waals surface area contributed by atoms with Crippen LogP contribution in [-0.4, -0.2) is 0 Å². The zero-order chi connectivity index (χ0) is 13.3. The second kappa shape index (κ2) is 5.12. The van der Waals surface area contributed by atoms with Crippen molar-refractivity contribution in [1.29, 1.82) is 0 Å². The van der Waals surface area contributed by atoms with Gasteiger partial charge in [-0.15, -0.1) is 0 Å². The number of hydrogen-bond donors (Lipinski definition) is 1. The van der Waals surface area contributed by atoms with Crippen molar-refractivity contribution in [2.45, 2.75) is 6.04 Å². The van der Waals surface area contributed by atoms with Gasteiger partial charge in [-0.3, -0.25) is 0 Å². The highest BCUT2D eigenvalue weighted by Gasteiger charge is 2.14. The molecular formula is C13H9BrF3N. The number of benzene rings is 2. The van der Waals surface area contributed by atoms with E-state index in [2.05, 4.69) is 15.9 Å². The van der Waals surface area contributed by atoms with Crippen molar-refractivity contribution in [3.63, 3.8) is 0 Å². The van der Waals surface area contributed by atoms with Crippen molar-refractivity contribution >= 4 is 15.9 Å². The average molecular weight is 316 g/mol. The molecule has 0 radical (unpaired) electrons. The third kappa shape index (κ3) is 2.57. The molecule has 0 saturated heterocycles. The number of halogens is 4. The van der Waals surface area contributed by atoms with Gasteiger partial charge in [0.05, 0.1) is 6.04 Å². The number of rotatable bonds is 2. The van der Waals surface area contributed by atoms with Crippen LogP contribution < -0.4 is 5.73 Å². The third-order valence-electron chi connectivity index (χ3n) is 2.60. The van der Waals surface area contributed by atoms with Crippen molar-refractivity contribution in [1.82, 2.24) is 0 Å². The van der Waals surface area contributed by atoms with Crippen LogP contribution in [0.4, 0.5) is 13.2 Å². The highest BCUT2D eigenvalue weighted by molar-refractivity contribution is 9.10. The minimum atomic E-state index is -0.957. The first-order valence-electron chi connectivity index (χ1n) is 5.14. The number of nitrogens with two attached hydrogens (primary N) is 1. The van der Waals surface area contributed by atoms with Crippen LogP contribution in [0.2, 0.25) is 0 Å². The highest BCUT2D eigenvalue weighted by atomic mass is 79.9. The Morgan fingerprint density at radius 3 is 2.28 bits per heavy atom. The van der Waals surface area contributed by atoms with E-state index in [4.69, 9.17) is 5.73 Å². The molecular weight excluding hydrogens is 307 g/mol. The lowest BCUT2D eigenvalue weighted by molar-refractivity contribution is 0.506. The Kier molecular flexibility index (Phi) is 3.73. The summed E-state index contributed by atoms with van der Waals surface area (Å²) < 4.78 is 39.4. The fraction of sp³-hybridized carbons (Fsp3) is 0.0769. The van der Waals surface area contributed by atoms with E-state index in [1.807, 2.05) is 0 Å². The van der Waals surface area contributed by atoms with Crippen LogP contribution in [-0.2, 0) is 0 Å². The molecule has 0 bridgehead atoms. The third-order valence-corrected chi connectivity index (χ3v) is 3.29. The maximum Gasteiger partial charge on any atom is 0.159 e. The SMILES string of the molecule is NC(c1ccc(F)c(F)c1)c1ccc(F)cc1Br. The molecule has 5 heteroatoms. The first kappa shape index (κ1) is 13.1. The Morgan fingerprint density at radius 1 is 0.944 bits per heavy atom. The summed E-state index contributed by atoms with van der Waals surface area (Å²) in [5.74, 6) is -2.28. The van der Waals surface area contributed by atoms with Crippen LogP contribution in [0.15, 0.2) is 40.9 Å². The van der Waals surface area contributed by atoms with Gasteiger partial charge in [0.2, 0.25) is 0 Å². The van der Waals surface area contributed by atoms with E-state index in [1.165, 1.54) is 24.3 Å². The van der Waals surface area contributed by atoms with Crippen LogP contribution in [0.3, 0.4) is 0 Å². The molecule has 0 spiro atoms. The maximum atomic E-state index is 13.1. The van der Waals surface area contributed by atoms with Crippen LogP contribution in [0.5, 0.6) is 0 Å². The summed E-state index contributed by atoms with van der Waals surface area (Å²) >= 11 is 3.19. The van der Waals surface area contributed by atoms with Gasteiger partial charge in [0.1, 0.15) is 5.82 Å². The fourth-order valence-electron chi connectivity index (χ4n) is 1.64. The minimum Gasteiger partial charge on any atom is -0.320 e. The quantitative estimate of drug-likeness (QED) is 0.893. The van der Waals surface area contributed by atoms with Crippen LogP contribution >= 0.6 is 15.9 Å². The molecule has 0 aliphatic heterocycles. The molecule has 0 aliphatic carbocycles. The van der Waals surface area contributed by atoms with Gasteiger partial charge in [0.25, 0.3) is 0 Å². The monoisotopic (exact) mass is 315 g/mol. The molecule has 2 rings (SSSR count). The summed E-state index contributed by atoms with van der Waals surface area (Å²) in [4.78, 5) is 0. The van der Waals surface area contributed by atoms with E-state index in [9.17, 15) is 13.2 Å². The predicted molar refractivity (Wildman–Crippen MR) is 66.5 cm³/mol. The molecule has 2 N–H and O–H groups in total. The molecule has 1 unspecified atom stereocenters. The minimum absolute atomic E-state index is 0.400. The predicted octanol–water partition coefficient (Wildman–Crippen LogP) is 3.91. The van der Waals surface area contributed by atoms with E-state index in [0.29, 0.717) is 15.6 Å². The van der Waals surface area contributed by atoms with Crippen LogP contribution in [0.1, 0.15) is 17.2 Å². The summed E-state index contributed by atoms with van der Waals surface area (Å²) in [6, 6.07) is 6.84. The summed E-state index contributed by atoms with van der Waals surface area (Å²) in [5, 5.41) is 0. The molecule has 0 fully saturated rings. The molecule has 2 aromatic rings. The Balaban J connectivity index is 2.41. The zero-order valence-corrected chi connectivity index (χ0v) is 10.7. The molecule has 0 heterocycles. The molecule has 2 aromatic carbocycles. The first-order valence-corrected chi connectivity index (χ1v) is 5.94. The Labute approximate surface area is 111 Å². The van der Waals surface area contributed by atoms with Gasteiger partial charge in [0.15, 0.2) is 11.6 Å². The lowest BCUT2D eigenvalue weighted by atomic mass is 9.99. The van der Waals surface area contributed by atoms with Gasteiger partial charge < -0.3 is 5.73 Å². The van der Waals surface area contributed by atoms with E-state index >= 15 is 0 Å². The maximum absolute atomic E-state index is 13.1. The molecule has 0 saturated carbocycles. The van der Waals surface area contributed by atoms with Gasteiger partial charge in [0, 0.05) is 4.47 Å². The van der Waals surface area contributed by atoms with Gasteiger partial charge in [-0.25, -0.2) is 13.2 Å². The molecule has 0 aliphatic rings. The van der Waals surface area contributed by atoms with Crippen LogP contribution in [0, 0.1) is 17.5 Å². The van der Waals surface area contributed by atoms with E-state index in [0.717, 1.165) is 12.1 Å². The smallest absolute Gasteiger partial charge is 0.159 e. The first-order chi connectivity index (χ1) is 8.49. The van der Waals surface area contributed by atoms with Crippen LogP contribution in [0.25, 0.3) is 0 Å². The van der Waals surface area contributed by atoms with Crippen molar-refractivity contribution in [3.8, 4) is 0 Å². The van der Waals surface area contributed by atoms with Crippen molar-refractivity contribution in [2.75, 3.05) is 0 Å². The van der Waals surface area contributed by atoms with Crippen molar-refractivity contribution < 1.29 is 13.2 Å². The van der Waals surface area contributed by atoms with E-state index in [-0.39, 0.29) is 0 Å². The number of hydrogen-bond acceptors (Lipinski definition) is 1. The normalized spacial score (nSPS) is 12.5. The summed E-state index contributed by atoms with van der Waals surface area (Å²) in [6.07, 6.45) is 0. The van der Waals surface area contributed by atoms with Crippen molar-refractivity contribution in [2.24, 2.45) is 5.73 Å². The van der Waals surface area contributed by atoms with E-state index in [1.54, 1.807) is 0 Å². The summed E-state index contributed by atoms with van der Waals surface area (Å²) in [7, 11) is 0. The average Bonchev–Trinajstić information content (AvgIpc) is 2.32. The second-order valence-corrected chi connectivity index (χ2v) is 4.67.